The monoisotopic (exact) mass is 862 g/mol. The maximum Gasteiger partial charge on any atom is 0.262 e. The van der Waals surface area contributed by atoms with E-state index in [0.29, 0.717) is 65.7 Å². The number of halogens is 1. The molecule has 12 nitrogen and oxygen atoms in total. The number of furan rings is 1. The van der Waals surface area contributed by atoms with Gasteiger partial charge >= 0.3 is 0 Å². The number of carbonyl (C=O) groups excluding carboxylic acids is 3. The molecule has 2 aromatic heterocycles. The third-order valence-corrected chi connectivity index (χ3v) is 14.5. The summed E-state index contributed by atoms with van der Waals surface area (Å²) in [5, 5.41) is -0.171. The average molecular weight is 863 g/mol. The van der Waals surface area contributed by atoms with Crippen molar-refractivity contribution in [3.8, 4) is 23.0 Å². The number of fused-ring (bicyclic) bond motifs is 5. The fourth-order valence-electron chi connectivity index (χ4n) is 9.13. The highest BCUT2D eigenvalue weighted by Crippen LogP contribution is 2.57. The van der Waals surface area contributed by atoms with Gasteiger partial charge in [0.2, 0.25) is 27.4 Å². The molecule has 3 aromatic carbocycles. The fraction of sp³-hybridized carbons (Fsp3) is 0.438. The molecule has 5 atom stereocenters. The molecule has 9 rings (SSSR count). The Morgan fingerprint density at radius 3 is 2.55 bits per heavy atom. The lowest BCUT2D eigenvalue weighted by Gasteiger charge is -2.29. The summed E-state index contributed by atoms with van der Waals surface area (Å²) < 4.78 is 61.8. The van der Waals surface area contributed by atoms with Gasteiger partial charge in [0, 0.05) is 29.7 Å². The minimum absolute atomic E-state index is 0.0256. The highest BCUT2D eigenvalue weighted by Gasteiger charge is 2.61. The van der Waals surface area contributed by atoms with Crippen molar-refractivity contribution in [2.24, 2.45) is 17.3 Å². The van der Waals surface area contributed by atoms with Crippen molar-refractivity contribution in [2.45, 2.75) is 108 Å². The molecule has 1 saturated heterocycles. The summed E-state index contributed by atoms with van der Waals surface area (Å²) in [6.07, 6.45) is 8.92. The predicted molar refractivity (Wildman–Crippen MR) is 231 cm³/mol. The van der Waals surface area contributed by atoms with Crippen LogP contribution in [0.3, 0.4) is 0 Å². The van der Waals surface area contributed by atoms with E-state index in [-0.39, 0.29) is 54.6 Å². The SMILES string of the molecule is CC(C)Oc1ccc(-c2nc(O[C@@H]3C[C@H]4C(=O)C[C@]5(C(=O)NS(=O)(=O)C6CC6)C[C@H]5/C=C\CCCCC[C@H](Cc5ccccc5)C(=O)N4C3)c3oc4ccc(F)cc4c3n2)cc1. The number of benzene rings is 3. The molecule has 2 amide bonds. The van der Waals surface area contributed by atoms with E-state index < -0.39 is 50.5 Å². The molecule has 0 unspecified atom stereocenters. The first-order valence-electron chi connectivity index (χ1n) is 21.8. The minimum Gasteiger partial charge on any atom is -0.491 e. The van der Waals surface area contributed by atoms with Crippen LogP contribution in [0.5, 0.6) is 11.6 Å². The molecule has 5 aromatic rings. The Kier molecular flexibility index (Phi) is 11.4. The number of ether oxygens (including phenoxy) is 2. The zero-order valence-corrected chi connectivity index (χ0v) is 35.7. The molecule has 1 N–H and O–H groups in total. The van der Waals surface area contributed by atoms with Crippen molar-refractivity contribution in [3.63, 3.8) is 0 Å². The molecule has 62 heavy (non-hydrogen) atoms. The second-order valence-corrected chi connectivity index (χ2v) is 19.6. The van der Waals surface area contributed by atoms with Gasteiger partial charge in [-0.1, -0.05) is 55.3 Å². The standard InChI is InChI=1S/C48H51FN4O8S/c1-29(2)59-35-18-15-31(16-19-35)44-50-42-38-24-34(49)17-22-41(38)61-43(42)45(51-44)60-36-25-39-40(54)27-48(47(56)52-62(57,58)37-20-21-37)26-33(48)14-10-5-3-4-9-13-32(46(55)53(39)28-36)23-30-11-7-6-8-12-30/h6-8,10-12,14-19,22,24,29,32-33,36-37,39H,3-5,9,13,20-21,23,25-28H2,1-2H3,(H,52,56)/b14-10-/t32-,33-,36-,39+,48-/m1/s1. The molecular weight excluding hydrogens is 812 g/mol. The van der Waals surface area contributed by atoms with E-state index in [0.717, 1.165) is 31.2 Å². The number of rotatable bonds is 10. The molecule has 0 bridgehead atoms. The number of allylic oxidation sites excluding steroid dienone is 2. The Hall–Kier alpha value is -5.63. The lowest BCUT2D eigenvalue weighted by atomic mass is 9.90. The quantitative estimate of drug-likeness (QED) is 0.136. The van der Waals surface area contributed by atoms with Gasteiger partial charge in [0.05, 0.1) is 29.4 Å². The van der Waals surface area contributed by atoms with Crippen LogP contribution in [-0.2, 0) is 30.8 Å². The molecular formula is C48H51FN4O8S. The average Bonchev–Trinajstić information content (AvgIpc) is 4.15. The van der Waals surface area contributed by atoms with Crippen LogP contribution in [0.1, 0.15) is 83.6 Å². The molecule has 4 aliphatic rings. The van der Waals surface area contributed by atoms with Crippen molar-refractivity contribution >= 4 is 49.7 Å². The molecule has 2 aliphatic heterocycles. The summed E-state index contributed by atoms with van der Waals surface area (Å²) in [6.45, 7) is 3.93. The Labute approximate surface area is 360 Å². The Balaban J connectivity index is 1.07. The van der Waals surface area contributed by atoms with Crippen molar-refractivity contribution in [1.82, 2.24) is 19.6 Å². The molecule has 2 aliphatic carbocycles. The van der Waals surface area contributed by atoms with Gasteiger partial charge in [0.15, 0.2) is 11.6 Å². The van der Waals surface area contributed by atoms with Crippen molar-refractivity contribution in [1.29, 1.82) is 0 Å². The first-order chi connectivity index (χ1) is 29.9. The van der Waals surface area contributed by atoms with E-state index in [1.54, 1.807) is 4.90 Å². The second kappa shape index (κ2) is 16.9. The van der Waals surface area contributed by atoms with Crippen LogP contribution in [0.15, 0.2) is 89.4 Å². The fourth-order valence-corrected chi connectivity index (χ4v) is 10.5. The van der Waals surface area contributed by atoms with E-state index in [9.17, 15) is 27.2 Å². The highest BCUT2D eigenvalue weighted by molar-refractivity contribution is 7.90. The zero-order valence-electron chi connectivity index (χ0n) is 34.9. The second-order valence-electron chi connectivity index (χ2n) is 17.7. The number of Topliss-reactive ketones (excluding diaryl/α,β-unsaturated/α-hetero) is 1. The Bertz CT molecular complexity index is 2650. The summed E-state index contributed by atoms with van der Waals surface area (Å²) >= 11 is 0. The maximum atomic E-state index is 14.9. The van der Waals surface area contributed by atoms with Gasteiger partial charge in [-0.05, 0) is 113 Å². The number of carbonyl (C=O) groups is 3. The van der Waals surface area contributed by atoms with Crippen LogP contribution in [0, 0.1) is 23.1 Å². The molecule has 0 radical (unpaired) electrons. The van der Waals surface area contributed by atoms with Gasteiger partial charge < -0.3 is 18.8 Å². The van der Waals surface area contributed by atoms with Crippen LogP contribution >= 0.6 is 0 Å². The van der Waals surface area contributed by atoms with Crippen molar-refractivity contribution < 1.29 is 41.1 Å². The third-order valence-electron chi connectivity index (χ3n) is 12.7. The minimum atomic E-state index is -3.87. The van der Waals surface area contributed by atoms with Crippen LogP contribution in [-0.4, -0.2) is 70.9 Å². The third kappa shape index (κ3) is 8.71. The first-order valence-corrected chi connectivity index (χ1v) is 23.3. The number of amides is 2. The maximum absolute atomic E-state index is 14.9. The van der Waals surface area contributed by atoms with Gasteiger partial charge in [-0.25, -0.2) is 17.8 Å². The van der Waals surface area contributed by atoms with E-state index in [4.69, 9.17) is 23.9 Å². The Morgan fingerprint density at radius 1 is 1.00 bits per heavy atom. The molecule has 2 saturated carbocycles. The Morgan fingerprint density at radius 2 is 1.79 bits per heavy atom. The van der Waals surface area contributed by atoms with Crippen LogP contribution in [0.4, 0.5) is 4.39 Å². The van der Waals surface area contributed by atoms with Crippen LogP contribution < -0.4 is 14.2 Å². The van der Waals surface area contributed by atoms with Gasteiger partial charge in [-0.2, -0.15) is 4.98 Å². The number of nitrogens with zero attached hydrogens (tertiary/aromatic N) is 3. The summed E-state index contributed by atoms with van der Waals surface area (Å²) in [5.74, 6) is -1.34. The van der Waals surface area contributed by atoms with Gasteiger partial charge in [0.1, 0.15) is 28.8 Å². The smallest absolute Gasteiger partial charge is 0.262 e. The van der Waals surface area contributed by atoms with Crippen molar-refractivity contribution in [3.05, 3.63) is 96.3 Å². The largest absolute Gasteiger partial charge is 0.491 e. The highest BCUT2D eigenvalue weighted by atomic mass is 32.2. The van der Waals surface area contributed by atoms with Gasteiger partial charge in [0.25, 0.3) is 5.88 Å². The van der Waals surface area contributed by atoms with Crippen molar-refractivity contribution in [2.75, 3.05) is 6.54 Å². The number of sulfonamides is 1. The van der Waals surface area contributed by atoms with E-state index in [1.807, 2.05) is 80.6 Å². The summed E-state index contributed by atoms with van der Waals surface area (Å²) in [4.78, 5) is 55.0. The molecule has 14 heteroatoms. The molecule has 4 heterocycles. The lowest BCUT2D eigenvalue weighted by molar-refractivity contribution is -0.142. The molecule has 324 valence electrons. The number of hydrogen-bond acceptors (Lipinski definition) is 10. The predicted octanol–water partition coefficient (Wildman–Crippen LogP) is 8.27. The summed E-state index contributed by atoms with van der Waals surface area (Å²) in [6, 6.07) is 20.3. The number of hydrogen-bond donors (Lipinski definition) is 1. The van der Waals surface area contributed by atoms with E-state index in [1.165, 1.54) is 18.2 Å². The number of nitrogens with one attached hydrogen (secondary N) is 1. The van der Waals surface area contributed by atoms with Gasteiger partial charge in [-0.15, -0.1) is 0 Å². The van der Waals surface area contributed by atoms with E-state index in [2.05, 4.69) is 4.72 Å². The van der Waals surface area contributed by atoms with Gasteiger partial charge in [-0.3, -0.25) is 19.1 Å². The summed E-state index contributed by atoms with van der Waals surface area (Å²) in [7, 11) is -3.87. The number of aromatic nitrogens is 2. The number of ketones is 1. The normalized spacial score (nSPS) is 25.2. The van der Waals surface area contributed by atoms with Crippen LogP contribution in [0.25, 0.3) is 33.5 Å². The first kappa shape index (κ1) is 41.7. The molecule has 0 spiro atoms. The van der Waals surface area contributed by atoms with Crippen LogP contribution in [0.2, 0.25) is 0 Å². The zero-order chi connectivity index (χ0) is 43.2. The van der Waals surface area contributed by atoms with E-state index >= 15 is 0 Å². The lowest BCUT2D eigenvalue weighted by Crippen LogP contribution is -2.46. The molecule has 3 fully saturated rings. The summed E-state index contributed by atoms with van der Waals surface area (Å²) in [5.41, 5.74) is 1.32. The topological polar surface area (TPSA) is 158 Å².